The third-order valence-electron chi connectivity index (χ3n) is 16.0. The first kappa shape index (κ1) is 107. The first-order chi connectivity index (χ1) is 61.1. The van der Waals surface area contributed by atoms with Gasteiger partial charge in [-0.1, -0.05) is 228 Å². The fraction of sp³-hybridized carbons (Fsp3) is 0.204. The molecule has 127 heavy (non-hydrogen) atoms. The summed E-state index contributed by atoms with van der Waals surface area (Å²) >= 11 is 0. The summed E-state index contributed by atoms with van der Waals surface area (Å²) in [5.74, 6) is 1.93. The zero-order valence-corrected chi connectivity index (χ0v) is 75.7. The molecule has 1 aliphatic carbocycles. The first-order valence-electron chi connectivity index (χ1n) is 41.3. The van der Waals surface area contributed by atoms with Crippen LogP contribution in [0.4, 0.5) is 90.4 Å². The number of nitrogens with one attached hydrogen (secondary N) is 15. The lowest BCUT2D eigenvalue weighted by Crippen LogP contribution is -2.34. The van der Waals surface area contributed by atoms with Gasteiger partial charge in [0.1, 0.15) is 11.5 Å². The van der Waals surface area contributed by atoms with Crippen molar-refractivity contribution in [2.24, 2.45) is 5.92 Å². The molecule has 29 heteroatoms. The summed E-state index contributed by atoms with van der Waals surface area (Å²) in [5.41, 5.74) is 7.67. The summed E-state index contributed by atoms with van der Waals surface area (Å²) in [6, 6.07) is 99.4. The Labute approximate surface area is 764 Å². The van der Waals surface area contributed by atoms with E-state index in [2.05, 4.69) is 99.2 Å². The normalized spacial score (nSPS) is 10.2. The van der Waals surface area contributed by atoms with Crippen LogP contribution in [0.25, 0.3) is 0 Å². The van der Waals surface area contributed by atoms with Crippen LogP contribution in [0.2, 0.25) is 0 Å². The molecule has 15 N–H and O–H groups in total. The van der Waals surface area contributed by atoms with E-state index >= 15 is 0 Å². The molecule has 1 saturated carbocycles. The molecular weight excluding hydrogens is 1740 g/mol. The molecule has 11 aromatic carbocycles. The van der Waals surface area contributed by atoms with E-state index in [-0.39, 0.29) is 78.0 Å². The number of ether oxygens (including phenoxy) is 2. The van der Waals surface area contributed by atoms with Gasteiger partial charge in [0.05, 0.1) is 6.61 Å². The lowest BCUT2D eigenvalue weighted by atomic mass is 9.85. The molecule has 672 valence electrons. The van der Waals surface area contributed by atoms with Gasteiger partial charge in [-0.05, 0) is 198 Å². The largest absolute Gasteiger partial charge is 0.457 e. The molecule has 0 atom stereocenters. The van der Waals surface area contributed by atoms with E-state index in [0.29, 0.717) is 43.4 Å². The van der Waals surface area contributed by atoms with Crippen LogP contribution in [0, 0.1) is 5.92 Å². The summed E-state index contributed by atoms with van der Waals surface area (Å²) < 4.78 is 34.8. The van der Waals surface area contributed by atoms with E-state index in [0.717, 1.165) is 102 Å². The highest BCUT2D eigenvalue weighted by molar-refractivity contribution is 14.0. The fourth-order valence-electron chi connectivity index (χ4n) is 9.75. The average molecular weight is 1860 g/mol. The van der Waals surface area contributed by atoms with E-state index < -0.39 is 16.1 Å². The Hall–Kier alpha value is -14.5. The predicted molar refractivity (Wildman–Crippen MR) is 529 cm³/mol. The van der Waals surface area contributed by atoms with E-state index in [1.54, 1.807) is 42.5 Å². The van der Waals surface area contributed by atoms with Crippen molar-refractivity contribution in [3.8, 4) is 11.5 Å². The van der Waals surface area contributed by atoms with Crippen LogP contribution in [0.1, 0.15) is 86.5 Å². The zero-order valence-electron chi connectivity index (χ0n) is 72.6. The van der Waals surface area contributed by atoms with E-state index in [4.69, 9.17) is 9.47 Å². The molecule has 0 radical (unpaired) electrons. The standard InChI is InChI=1S/C19H16N2O2.C11H16N2O.C11H13NO.2C10H14N2O.C10H12N2O.C10H13NO2.C9H12N2O.C8H9NO2S.HI/c22-19(20-15-7-3-1-4-8-15)21-16-11-13-18(14-12-16)23-17-9-5-2-6-10-17;1-2-3-9-12-11(14)13-10-7-5-4-6-8-10;13-11(9-5-4-6-9)12-10-7-2-1-3-8-10;1-8(2)11-10(13)12-9-6-4-3-5-7-9;2*1-2-8-11-10(13)12-9-6-4-3-5-7-9;1-2-8-13-10(12)11-9-6-4-3-5-7-9;1-2-10-9(12)11-8-6-4-3-5-7-8;1-2-12(10,11)9-8-6-4-3-5-7-8;/h1-14H,(H2,20,21,22);4-8H,2-3,9H2,1H3,(H2,12,13,14);1-3,7-9H,4-6H2,(H,12,13);3-8H,1-2H3,(H2,11,12,13);3-7H,2,8H2,1H3,(H2,11,12,13);2-7H,1,8H2,(H2,11,12,13);3-7H,2,8H2,1H3,(H,11,12);3-7H,2H2,1H3,(H2,10,11,12);2-7,9H,1H2;1H. The van der Waals surface area contributed by atoms with Crippen LogP contribution < -0.4 is 83.9 Å². The van der Waals surface area contributed by atoms with Gasteiger partial charge in [0, 0.05) is 100 Å². The summed E-state index contributed by atoms with van der Waals surface area (Å²) in [7, 11) is -3.36. The van der Waals surface area contributed by atoms with Crippen molar-refractivity contribution in [2.75, 3.05) is 85.4 Å². The van der Waals surface area contributed by atoms with Gasteiger partial charge in [0.15, 0.2) is 0 Å². The topological polar surface area (TPSA) is 370 Å². The van der Waals surface area contributed by atoms with E-state index in [1.807, 2.05) is 326 Å². The maximum atomic E-state index is 11.9. The summed E-state index contributed by atoms with van der Waals surface area (Å²) in [6.45, 7) is 21.5. The summed E-state index contributed by atoms with van der Waals surface area (Å²) in [6.07, 6.45) is 8.43. The fourth-order valence-corrected chi connectivity index (χ4v) is 10.3. The summed E-state index contributed by atoms with van der Waals surface area (Å²) in [5, 5.41) is 39.0. The molecule has 12 rings (SSSR count). The van der Waals surface area contributed by atoms with Crippen molar-refractivity contribution in [3.63, 3.8) is 0 Å². The van der Waals surface area contributed by atoms with Crippen LogP contribution in [-0.4, -0.2) is 95.4 Å². The summed E-state index contributed by atoms with van der Waals surface area (Å²) in [4.78, 5) is 90.1. The highest BCUT2D eigenvalue weighted by Crippen LogP contribution is 2.28. The van der Waals surface area contributed by atoms with Gasteiger partial charge in [0.25, 0.3) is 10.0 Å². The number of benzene rings is 11. The van der Waals surface area contributed by atoms with E-state index in [1.165, 1.54) is 6.42 Å². The third kappa shape index (κ3) is 53.9. The van der Waals surface area contributed by atoms with Gasteiger partial charge in [-0.3, -0.25) is 14.8 Å². The molecule has 0 saturated heterocycles. The van der Waals surface area contributed by atoms with Crippen LogP contribution in [0.3, 0.4) is 0 Å². The molecule has 0 spiro atoms. The number of amides is 14. The molecule has 0 aliphatic heterocycles. The minimum Gasteiger partial charge on any atom is -0.457 e. The Morgan fingerprint density at radius 3 is 1.01 bits per heavy atom. The number of hydrogen-bond acceptors (Lipinski definition) is 12. The number of urea groups is 6. The van der Waals surface area contributed by atoms with Gasteiger partial charge in [-0.15, -0.1) is 30.6 Å². The molecular formula is C98H120IN15O12S. The van der Waals surface area contributed by atoms with Gasteiger partial charge in [0.2, 0.25) is 5.91 Å². The van der Waals surface area contributed by atoms with Gasteiger partial charge >= 0.3 is 42.3 Å². The molecule has 0 unspecified atom stereocenters. The van der Waals surface area contributed by atoms with Gasteiger partial charge in [-0.2, -0.15) is 0 Å². The van der Waals surface area contributed by atoms with E-state index in [9.17, 15) is 46.8 Å². The number of halogens is 1. The highest BCUT2D eigenvalue weighted by atomic mass is 127. The monoisotopic (exact) mass is 1860 g/mol. The lowest BCUT2D eigenvalue weighted by Gasteiger charge is -2.23. The van der Waals surface area contributed by atoms with Crippen LogP contribution in [0.15, 0.2) is 352 Å². The number of sulfonamides is 1. The Bertz CT molecular complexity index is 4890. The molecule has 0 heterocycles. The Morgan fingerprint density at radius 1 is 0.362 bits per heavy atom. The molecule has 11 aromatic rings. The Kier molecular flexibility index (Phi) is 56.4. The number of para-hydroxylation sites is 10. The van der Waals surface area contributed by atoms with Crippen molar-refractivity contribution in [2.45, 2.75) is 92.5 Å². The number of unbranched alkanes of at least 4 members (excludes halogenated alkanes) is 1. The maximum Gasteiger partial charge on any atom is 0.411 e. The van der Waals surface area contributed by atoms with Crippen LogP contribution >= 0.6 is 24.0 Å². The molecule has 0 bridgehead atoms. The maximum absolute atomic E-state index is 11.9. The second-order valence-electron chi connectivity index (χ2n) is 27.0. The smallest absolute Gasteiger partial charge is 0.411 e. The number of carbonyl (C=O) groups is 8. The Balaban J connectivity index is 0.000000371. The Morgan fingerprint density at radius 2 is 0.677 bits per heavy atom. The second kappa shape index (κ2) is 67.1. The lowest BCUT2D eigenvalue weighted by molar-refractivity contribution is -0.122. The zero-order chi connectivity index (χ0) is 91.3. The minimum absolute atomic E-state index is 0. The number of rotatable bonds is 26. The average Bonchev–Trinajstić information content (AvgIpc) is 0.878. The SMILES string of the molecule is C=CCNC(=O)Nc1ccccc1.C=CS(=O)(=O)Nc1ccccc1.CC(C)NC(=O)Nc1ccccc1.CCCCNC(=O)Nc1ccccc1.CCCNC(=O)Nc1ccccc1.CCCOC(=O)Nc1ccccc1.CCNC(=O)Nc1ccccc1.I.O=C(Nc1ccccc1)C1CCC1.O=C(Nc1ccccc1)Nc1ccc(Oc2ccccc2)cc1. The quantitative estimate of drug-likeness (QED) is 0.0137. The molecule has 27 nitrogen and oxygen atoms in total. The molecule has 1 fully saturated rings. The molecule has 14 amide bonds. The van der Waals surface area contributed by atoms with Gasteiger partial charge < -0.3 is 78.6 Å². The minimum atomic E-state index is -3.36. The van der Waals surface area contributed by atoms with Crippen molar-refractivity contribution in [3.05, 3.63) is 352 Å². The first-order valence-corrected chi connectivity index (χ1v) is 42.8. The molecule has 0 aromatic heterocycles. The van der Waals surface area contributed by atoms with Crippen molar-refractivity contribution in [1.29, 1.82) is 0 Å². The third-order valence-corrected chi connectivity index (χ3v) is 17.0. The molecule has 1 aliphatic rings. The number of hydrogen-bond donors (Lipinski definition) is 15. The number of anilines is 10. The van der Waals surface area contributed by atoms with Gasteiger partial charge in [-0.25, -0.2) is 42.0 Å². The van der Waals surface area contributed by atoms with Crippen LogP contribution in [0.5, 0.6) is 11.5 Å². The van der Waals surface area contributed by atoms with Crippen molar-refractivity contribution in [1.82, 2.24) is 26.6 Å². The highest BCUT2D eigenvalue weighted by Gasteiger charge is 2.25. The number of carbonyl (C=O) groups excluding carboxylic acids is 8. The predicted octanol–water partition coefficient (Wildman–Crippen LogP) is 23.2. The van der Waals surface area contributed by atoms with Crippen molar-refractivity contribution >= 4 is 139 Å². The van der Waals surface area contributed by atoms with Crippen molar-refractivity contribution < 1.29 is 56.2 Å². The van der Waals surface area contributed by atoms with Crippen LogP contribution in [-0.2, 0) is 19.6 Å². The second-order valence-corrected chi connectivity index (χ2v) is 28.6.